The number of aromatic carboxylic acids is 1. The number of aromatic nitrogens is 3. The predicted octanol–water partition coefficient (Wildman–Crippen LogP) is 0.755. The van der Waals surface area contributed by atoms with Gasteiger partial charge in [0, 0.05) is 17.1 Å². The van der Waals surface area contributed by atoms with Crippen LogP contribution in [0.4, 0.5) is 0 Å². The number of carboxylic acids is 1. The lowest BCUT2D eigenvalue weighted by Gasteiger charge is -2.01. The quantitative estimate of drug-likeness (QED) is 0.870. The Bertz CT molecular complexity index is 617. The van der Waals surface area contributed by atoms with E-state index >= 15 is 0 Å². The van der Waals surface area contributed by atoms with E-state index in [-0.39, 0.29) is 17.1 Å². The molecule has 0 bridgehead atoms. The van der Waals surface area contributed by atoms with E-state index in [0.29, 0.717) is 11.4 Å². The van der Waals surface area contributed by atoms with Gasteiger partial charge in [0.05, 0.1) is 18.6 Å². The molecule has 6 nitrogen and oxygen atoms in total. The van der Waals surface area contributed by atoms with E-state index in [0.717, 1.165) is 11.3 Å². The van der Waals surface area contributed by atoms with Crippen molar-refractivity contribution >= 4 is 17.3 Å². The van der Waals surface area contributed by atoms with Crippen LogP contribution in [0.25, 0.3) is 0 Å². The highest BCUT2D eigenvalue weighted by Gasteiger charge is 2.09. The van der Waals surface area contributed by atoms with Crippen molar-refractivity contribution in [3.63, 3.8) is 0 Å². The molecular weight excluding hydrogens is 242 g/mol. The largest absolute Gasteiger partial charge is 0.476 e. The van der Waals surface area contributed by atoms with E-state index in [1.165, 1.54) is 17.0 Å². The molecule has 2 aromatic heterocycles. The molecule has 0 amide bonds. The number of rotatable bonds is 3. The van der Waals surface area contributed by atoms with E-state index in [1.54, 1.807) is 12.3 Å². The average Bonchev–Trinajstić information content (AvgIpc) is 2.71. The summed E-state index contributed by atoms with van der Waals surface area (Å²) in [6.45, 7) is 1.97. The summed E-state index contributed by atoms with van der Waals surface area (Å²) in [5, 5.41) is 10.4. The van der Waals surface area contributed by atoms with Gasteiger partial charge in [0.1, 0.15) is 0 Å². The molecular formula is C10H9N3O3S. The summed E-state index contributed by atoms with van der Waals surface area (Å²) >= 11 is 1.04. The van der Waals surface area contributed by atoms with Crippen molar-refractivity contribution in [3.8, 4) is 0 Å². The summed E-state index contributed by atoms with van der Waals surface area (Å²) in [5.74, 6) is -1.06. The maximum atomic E-state index is 11.6. The second-order valence-electron chi connectivity index (χ2n) is 3.45. The van der Waals surface area contributed by atoms with Crippen molar-refractivity contribution < 1.29 is 9.90 Å². The van der Waals surface area contributed by atoms with Gasteiger partial charge in [0.25, 0.3) is 5.56 Å². The fourth-order valence-corrected chi connectivity index (χ4v) is 1.93. The van der Waals surface area contributed by atoms with Gasteiger partial charge in [-0.1, -0.05) is 0 Å². The number of thiazole rings is 1. The van der Waals surface area contributed by atoms with Gasteiger partial charge in [-0.15, -0.1) is 11.3 Å². The summed E-state index contributed by atoms with van der Waals surface area (Å²) in [6, 6.07) is 1.42. The highest BCUT2D eigenvalue weighted by atomic mass is 32.1. The van der Waals surface area contributed by atoms with E-state index < -0.39 is 5.97 Å². The van der Waals surface area contributed by atoms with Crippen LogP contribution in [-0.2, 0) is 6.54 Å². The molecule has 0 spiro atoms. The molecule has 2 aromatic rings. The first kappa shape index (κ1) is 11.5. The Balaban J connectivity index is 2.25. The number of hydrogen-bond acceptors (Lipinski definition) is 5. The first-order valence-electron chi connectivity index (χ1n) is 4.77. The van der Waals surface area contributed by atoms with Gasteiger partial charge in [-0.2, -0.15) is 0 Å². The topological polar surface area (TPSA) is 85.1 Å². The maximum absolute atomic E-state index is 11.6. The fraction of sp³-hybridized carbons (Fsp3) is 0.200. The van der Waals surface area contributed by atoms with Gasteiger partial charge < -0.3 is 5.11 Å². The zero-order valence-electron chi connectivity index (χ0n) is 8.95. The van der Waals surface area contributed by atoms with Crippen LogP contribution in [0.2, 0.25) is 0 Å². The Kier molecular flexibility index (Phi) is 3.01. The molecule has 0 saturated carbocycles. The van der Waals surface area contributed by atoms with E-state index in [1.807, 2.05) is 0 Å². The SMILES string of the molecule is Cc1cc(=O)n(Cc2csc(C(=O)O)n2)cn1. The molecule has 0 aromatic carbocycles. The standard InChI is InChI=1S/C10H9N3O3S/c1-6-2-8(14)13(5-11-6)3-7-4-17-9(12-7)10(15)16/h2,4-5H,3H2,1H3,(H,15,16). The molecule has 88 valence electrons. The summed E-state index contributed by atoms with van der Waals surface area (Å²) < 4.78 is 1.38. The van der Waals surface area contributed by atoms with Gasteiger partial charge >= 0.3 is 5.97 Å². The minimum Gasteiger partial charge on any atom is -0.476 e. The normalized spacial score (nSPS) is 10.4. The molecule has 0 aliphatic rings. The van der Waals surface area contributed by atoms with E-state index in [9.17, 15) is 9.59 Å². The lowest BCUT2D eigenvalue weighted by molar-refractivity contribution is 0.0696. The van der Waals surface area contributed by atoms with Crippen LogP contribution in [0.15, 0.2) is 22.6 Å². The van der Waals surface area contributed by atoms with Crippen LogP contribution in [0, 0.1) is 6.92 Å². The van der Waals surface area contributed by atoms with Gasteiger partial charge in [0.15, 0.2) is 0 Å². The van der Waals surface area contributed by atoms with Crippen LogP contribution in [0.3, 0.4) is 0 Å². The van der Waals surface area contributed by atoms with Gasteiger partial charge in [-0.3, -0.25) is 9.36 Å². The number of aryl methyl sites for hydroxylation is 1. The molecule has 0 atom stereocenters. The van der Waals surface area contributed by atoms with Crippen LogP contribution >= 0.6 is 11.3 Å². The molecule has 2 rings (SSSR count). The number of carbonyl (C=O) groups is 1. The Morgan fingerprint density at radius 3 is 2.94 bits per heavy atom. The van der Waals surface area contributed by atoms with Crippen LogP contribution in [0.5, 0.6) is 0 Å². The number of carboxylic acid groups (broad SMARTS) is 1. The fourth-order valence-electron chi connectivity index (χ4n) is 1.29. The predicted molar refractivity (Wildman–Crippen MR) is 61.4 cm³/mol. The molecule has 0 radical (unpaired) electrons. The van der Waals surface area contributed by atoms with Gasteiger partial charge in [0.2, 0.25) is 5.01 Å². The molecule has 7 heteroatoms. The maximum Gasteiger partial charge on any atom is 0.365 e. The molecule has 0 aliphatic heterocycles. The summed E-state index contributed by atoms with van der Waals surface area (Å²) in [7, 11) is 0. The van der Waals surface area contributed by atoms with Gasteiger partial charge in [-0.05, 0) is 6.92 Å². The second kappa shape index (κ2) is 4.46. The third-order valence-corrected chi connectivity index (χ3v) is 2.96. The third-order valence-electron chi connectivity index (χ3n) is 2.08. The molecule has 1 N–H and O–H groups in total. The highest BCUT2D eigenvalue weighted by molar-refractivity contribution is 7.11. The lowest BCUT2D eigenvalue weighted by Crippen LogP contribution is -2.20. The summed E-state index contributed by atoms with van der Waals surface area (Å²) in [5.41, 5.74) is 1.01. The minimum absolute atomic E-state index is 0.0214. The average molecular weight is 251 g/mol. The smallest absolute Gasteiger partial charge is 0.365 e. The highest BCUT2D eigenvalue weighted by Crippen LogP contribution is 2.10. The Morgan fingerprint density at radius 2 is 2.35 bits per heavy atom. The van der Waals surface area contributed by atoms with Crippen molar-refractivity contribution in [1.82, 2.24) is 14.5 Å². The first-order valence-corrected chi connectivity index (χ1v) is 5.65. The number of nitrogens with zero attached hydrogens (tertiary/aromatic N) is 3. The molecule has 0 aliphatic carbocycles. The monoisotopic (exact) mass is 251 g/mol. The van der Waals surface area contributed by atoms with Crippen molar-refractivity contribution in [2.24, 2.45) is 0 Å². The van der Waals surface area contributed by atoms with Crippen LogP contribution in [-0.4, -0.2) is 25.6 Å². The van der Waals surface area contributed by atoms with Crippen LogP contribution in [0.1, 0.15) is 21.2 Å². The molecule has 0 unspecified atom stereocenters. The number of hydrogen-bond donors (Lipinski definition) is 1. The van der Waals surface area contributed by atoms with Crippen molar-refractivity contribution in [2.75, 3.05) is 0 Å². The zero-order chi connectivity index (χ0) is 12.4. The summed E-state index contributed by atoms with van der Waals surface area (Å²) in [6.07, 6.45) is 1.43. The van der Waals surface area contributed by atoms with Crippen molar-refractivity contribution in [1.29, 1.82) is 0 Å². The molecule has 2 heterocycles. The second-order valence-corrected chi connectivity index (χ2v) is 4.30. The Morgan fingerprint density at radius 1 is 1.59 bits per heavy atom. The van der Waals surface area contributed by atoms with E-state index in [4.69, 9.17) is 5.11 Å². The van der Waals surface area contributed by atoms with Crippen molar-refractivity contribution in [2.45, 2.75) is 13.5 Å². The zero-order valence-corrected chi connectivity index (χ0v) is 9.77. The van der Waals surface area contributed by atoms with Crippen molar-refractivity contribution in [3.05, 3.63) is 44.5 Å². The first-order chi connectivity index (χ1) is 8.06. The lowest BCUT2D eigenvalue weighted by atomic mass is 10.4. The minimum atomic E-state index is -1.06. The molecule has 0 saturated heterocycles. The molecule has 17 heavy (non-hydrogen) atoms. The van der Waals surface area contributed by atoms with E-state index in [2.05, 4.69) is 9.97 Å². The van der Waals surface area contributed by atoms with Crippen LogP contribution < -0.4 is 5.56 Å². The third kappa shape index (κ3) is 2.56. The molecule has 0 fully saturated rings. The summed E-state index contributed by atoms with van der Waals surface area (Å²) in [4.78, 5) is 30.1. The van der Waals surface area contributed by atoms with Gasteiger partial charge in [-0.25, -0.2) is 14.8 Å². The Hall–Kier alpha value is -2.02. The Labute approximate surface area is 100 Å².